The van der Waals surface area contributed by atoms with Gasteiger partial charge in [0.1, 0.15) is 13.3 Å². The van der Waals surface area contributed by atoms with E-state index in [-0.39, 0.29) is 11.3 Å². The standard InChI is InChI=1S/C9H12BNO5/c10-9(11,8(15)16)7(14)4-1-2-5(12)6(13)3-4/h1-3,7,12-14H,10-11H2,(H,15,16)/t7-,9+/m1/s1. The summed E-state index contributed by atoms with van der Waals surface area (Å²) in [6, 6.07) is 3.49. The van der Waals surface area contributed by atoms with Gasteiger partial charge in [0.2, 0.25) is 0 Å². The Labute approximate surface area is 92.4 Å². The van der Waals surface area contributed by atoms with Gasteiger partial charge in [-0.05, 0) is 17.7 Å². The molecule has 0 saturated heterocycles. The average Bonchev–Trinajstić information content (AvgIpc) is 2.20. The normalized spacial score (nSPS) is 16.4. The van der Waals surface area contributed by atoms with Gasteiger partial charge in [0.25, 0.3) is 0 Å². The Balaban J connectivity index is 3.10. The van der Waals surface area contributed by atoms with Crippen LogP contribution in [0.4, 0.5) is 0 Å². The predicted molar refractivity (Wildman–Crippen MR) is 57.8 cm³/mol. The molecule has 1 rings (SSSR count). The molecule has 0 aliphatic heterocycles. The third kappa shape index (κ3) is 2.10. The first kappa shape index (κ1) is 12.3. The van der Waals surface area contributed by atoms with Crippen LogP contribution in [0, 0.1) is 0 Å². The van der Waals surface area contributed by atoms with E-state index in [1.807, 2.05) is 0 Å². The van der Waals surface area contributed by atoms with E-state index in [4.69, 9.17) is 15.9 Å². The van der Waals surface area contributed by atoms with E-state index in [1.165, 1.54) is 6.07 Å². The van der Waals surface area contributed by atoms with Crippen molar-refractivity contribution in [2.24, 2.45) is 5.73 Å². The maximum Gasteiger partial charge on any atom is 0.317 e. The zero-order valence-corrected chi connectivity index (χ0v) is 8.58. The minimum Gasteiger partial charge on any atom is -0.504 e. The lowest BCUT2D eigenvalue weighted by Gasteiger charge is -2.26. The van der Waals surface area contributed by atoms with Crippen LogP contribution >= 0.6 is 0 Å². The third-order valence-electron chi connectivity index (χ3n) is 2.34. The first-order chi connectivity index (χ1) is 7.26. The molecule has 0 aliphatic rings. The van der Waals surface area contributed by atoms with Crippen LogP contribution in [0.25, 0.3) is 0 Å². The highest BCUT2D eigenvalue weighted by Crippen LogP contribution is 2.30. The number of aromatic hydroxyl groups is 2. The molecule has 0 saturated carbocycles. The number of phenols is 2. The van der Waals surface area contributed by atoms with Gasteiger partial charge in [0.05, 0.1) is 6.10 Å². The van der Waals surface area contributed by atoms with Crippen LogP contribution in [0.5, 0.6) is 11.5 Å². The molecule has 6 N–H and O–H groups in total. The van der Waals surface area contributed by atoms with Crippen LogP contribution < -0.4 is 5.73 Å². The largest absolute Gasteiger partial charge is 0.504 e. The number of phenolic OH excluding ortho intramolecular Hbond substituents is 2. The van der Waals surface area contributed by atoms with Crippen molar-refractivity contribution in [2.75, 3.05) is 0 Å². The number of carboxylic acids is 1. The Morgan fingerprint density at radius 1 is 1.38 bits per heavy atom. The van der Waals surface area contributed by atoms with Crippen LogP contribution in [0.15, 0.2) is 18.2 Å². The van der Waals surface area contributed by atoms with Gasteiger partial charge in [-0.3, -0.25) is 4.79 Å². The quantitative estimate of drug-likeness (QED) is 0.315. The molecule has 86 valence electrons. The van der Waals surface area contributed by atoms with Gasteiger partial charge >= 0.3 is 5.97 Å². The van der Waals surface area contributed by atoms with Crippen LogP contribution in [0.3, 0.4) is 0 Å². The summed E-state index contributed by atoms with van der Waals surface area (Å²) in [5.74, 6) is -2.17. The summed E-state index contributed by atoms with van der Waals surface area (Å²) in [7, 11) is 1.16. The van der Waals surface area contributed by atoms with E-state index in [9.17, 15) is 15.0 Å². The van der Waals surface area contributed by atoms with Crippen molar-refractivity contribution >= 4 is 13.8 Å². The number of aliphatic carboxylic acids is 1. The average molecular weight is 225 g/mol. The van der Waals surface area contributed by atoms with Crippen LogP contribution in [-0.4, -0.2) is 39.7 Å². The molecule has 0 spiro atoms. The van der Waals surface area contributed by atoms with Crippen LogP contribution in [-0.2, 0) is 4.79 Å². The number of nitrogens with two attached hydrogens (primary N) is 1. The Hall–Kier alpha value is -1.73. The van der Waals surface area contributed by atoms with E-state index >= 15 is 0 Å². The Kier molecular flexibility index (Phi) is 3.11. The number of carboxylic acid groups (broad SMARTS) is 1. The van der Waals surface area contributed by atoms with E-state index in [1.54, 1.807) is 0 Å². The molecular formula is C9H12BNO5. The van der Waals surface area contributed by atoms with Crippen LogP contribution in [0.1, 0.15) is 11.7 Å². The molecule has 6 nitrogen and oxygen atoms in total. The van der Waals surface area contributed by atoms with Gasteiger partial charge in [-0.15, -0.1) is 0 Å². The second-order valence-electron chi connectivity index (χ2n) is 3.74. The highest BCUT2D eigenvalue weighted by Gasteiger charge is 2.37. The number of aliphatic hydroxyl groups excluding tert-OH is 1. The first-order valence-corrected chi connectivity index (χ1v) is 4.49. The van der Waals surface area contributed by atoms with Crippen molar-refractivity contribution in [3.8, 4) is 11.5 Å². The number of hydrogen-bond acceptors (Lipinski definition) is 5. The van der Waals surface area contributed by atoms with Crippen molar-refractivity contribution in [3.05, 3.63) is 23.8 Å². The number of carbonyl (C=O) groups is 1. The van der Waals surface area contributed by atoms with Gasteiger partial charge in [-0.25, -0.2) is 0 Å². The van der Waals surface area contributed by atoms with Gasteiger partial charge in [0, 0.05) is 0 Å². The fourth-order valence-electron chi connectivity index (χ4n) is 1.17. The molecular weight excluding hydrogens is 213 g/mol. The van der Waals surface area contributed by atoms with Gasteiger partial charge < -0.3 is 26.2 Å². The first-order valence-electron chi connectivity index (χ1n) is 4.49. The predicted octanol–water partition coefficient (Wildman–Crippen LogP) is -1.50. The van der Waals surface area contributed by atoms with Gasteiger partial charge in [-0.1, -0.05) is 6.07 Å². The summed E-state index contributed by atoms with van der Waals surface area (Å²) in [6.45, 7) is 0. The molecule has 7 heteroatoms. The number of aliphatic hydroxyl groups is 1. The molecule has 1 aromatic carbocycles. The van der Waals surface area contributed by atoms with Crippen molar-refractivity contribution in [3.63, 3.8) is 0 Å². The Morgan fingerprint density at radius 2 is 1.94 bits per heavy atom. The molecule has 0 aromatic heterocycles. The maximum atomic E-state index is 10.8. The van der Waals surface area contributed by atoms with Crippen molar-refractivity contribution in [1.29, 1.82) is 0 Å². The molecule has 0 heterocycles. The summed E-state index contributed by atoms with van der Waals surface area (Å²) >= 11 is 0. The smallest absolute Gasteiger partial charge is 0.317 e. The highest BCUT2D eigenvalue weighted by atomic mass is 16.4. The lowest BCUT2D eigenvalue weighted by molar-refractivity contribution is -0.143. The molecule has 0 unspecified atom stereocenters. The fraction of sp³-hybridized carbons (Fsp3) is 0.222. The van der Waals surface area contributed by atoms with E-state index in [0.717, 1.165) is 20.0 Å². The molecule has 0 amide bonds. The SMILES string of the molecule is B[C@@](N)(C(=O)O)[C@H](O)c1ccc(O)c(O)c1. The molecule has 16 heavy (non-hydrogen) atoms. The lowest BCUT2D eigenvalue weighted by atomic mass is 9.72. The van der Waals surface area contributed by atoms with Gasteiger partial charge in [0.15, 0.2) is 11.5 Å². The minimum absolute atomic E-state index is 0.114. The zero-order chi connectivity index (χ0) is 12.5. The molecule has 0 radical (unpaired) electrons. The second-order valence-corrected chi connectivity index (χ2v) is 3.74. The van der Waals surface area contributed by atoms with Crippen molar-refractivity contribution in [1.82, 2.24) is 0 Å². The zero-order valence-electron chi connectivity index (χ0n) is 8.58. The minimum atomic E-state index is -1.87. The number of hydrogen-bond donors (Lipinski definition) is 5. The third-order valence-corrected chi connectivity index (χ3v) is 2.34. The van der Waals surface area contributed by atoms with Crippen molar-refractivity contribution < 1.29 is 25.2 Å². The monoisotopic (exact) mass is 225 g/mol. The highest BCUT2D eigenvalue weighted by molar-refractivity contribution is 6.27. The summed E-state index contributed by atoms with van der Waals surface area (Å²) < 4.78 is 0. The van der Waals surface area contributed by atoms with E-state index < -0.39 is 23.3 Å². The topological polar surface area (TPSA) is 124 Å². The number of benzene rings is 1. The molecule has 2 atom stereocenters. The number of rotatable bonds is 3. The molecule has 1 aromatic rings. The molecule has 0 aliphatic carbocycles. The molecule has 0 bridgehead atoms. The van der Waals surface area contributed by atoms with Gasteiger partial charge in [-0.2, -0.15) is 0 Å². The maximum absolute atomic E-state index is 10.8. The second kappa shape index (κ2) is 4.03. The molecule has 0 fully saturated rings. The van der Waals surface area contributed by atoms with Crippen LogP contribution in [0.2, 0.25) is 0 Å². The summed E-state index contributed by atoms with van der Waals surface area (Å²) in [5, 5.41) is 36.8. The Bertz CT molecular complexity index is 420. The van der Waals surface area contributed by atoms with Crippen molar-refractivity contribution in [2.45, 2.75) is 11.5 Å². The summed E-state index contributed by atoms with van der Waals surface area (Å²) in [4.78, 5) is 10.8. The fourth-order valence-corrected chi connectivity index (χ4v) is 1.17. The summed E-state index contributed by atoms with van der Waals surface area (Å²) in [6.07, 6.45) is -1.49. The Morgan fingerprint density at radius 3 is 2.38 bits per heavy atom. The lowest BCUT2D eigenvalue weighted by Crippen LogP contribution is -2.53. The van der Waals surface area contributed by atoms with E-state index in [2.05, 4.69) is 0 Å². The summed E-state index contributed by atoms with van der Waals surface area (Å²) in [5.41, 5.74) is 3.67. The van der Waals surface area contributed by atoms with E-state index in [0.29, 0.717) is 0 Å².